The second kappa shape index (κ2) is 6.04. The van der Waals surface area contributed by atoms with Crippen molar-refractivity contribution >= 4 is 20.8 Å². The van der Waals surface area contributed by atoms with Crippen molar-refractivity contribution in [1.82, 2.24) is 0 Å². The van der Waals surface area contributed by atoms with E-state index in [1.165, 1.54) is 5.39 Å². The number of rotatable bonds is 6. The fourth-order valence-electron chi connectivity index (χ4n) is 1.85. The predicted octanol–water partition coefficient (Wildman–Crippen LogP) is 2.29. The van der Waals surface area contributed by atoms with Crippen molar-refractivity contribution in [3.63, 3.8) is 0 Å². The summed E-state index contributed by atoms with van der Waals surface area (Å²) >= 11 is 0. The molecule has 0 fully saturated rings. The van der Waals surface area contributed by atoms with Crippen molar-refractivity contribution in [2.75, 3.05) is 12.4 Å². The van der Waals surface area contributed by atoms with Gasteiger partial charge in [-0.05, 0) is 35.7 Å². The number of nitrogens with two attached hydrogens (primary N) is 1. The number of unbranched alkanes of at least 4 members (excludes halogenated alkanes) is 1. The molecule has 2 N–H and O–H groups in total. The number of primary sulfonamides is 1. The van der Waals surface area contributed by atoms with E-state index < -0.39 is 10.0 Å². The monoisotopic (exact) mass is 279 g/mol. The predicted molar refractivity (Wildman–Crippen MR) is 76.7 cm³/mol. The van der Waals surface area contributed by atoms with Crippen molar-refractivity contribution in [3.8, 4) is 5.75 Å². The van der Waals surface area contributed by atoms with E-state index in [-0.39, 0.29) is 5.75 Å². The summed E-state index contributed by atoms with van der Waals surface area (Å²) in [6, 6.07) is 14.0. The molecule has 0 saturated carbocycles. The molecule has 0 aliphatic rings. The van der Waals surface area contributed by atoms with Gasteiger partial charge in [-0.1, -0.05) is 30.3 Å². The highest BCUT2D eigenvalue weighted by Crippen LogP contribution is 2.20. The molecular weight excluding hydrogens is 262 g/mol. The third kappa shape index (κ3) is 4.54. The Balaban J connectivity index is 1.85. The molecule has 2 rings (SSSR count). The van der Waals surface area contributed by atoms with Crippen molar-refractivity contribution in [2.45, 2.75) is 12.8 Å². The minimum Gasteiger partial charge on any atom is -0.494 e. The molecule has 2 aromatic rings. The molecule has 2 aromatic carbocycles. The van der Waals surface area contributed by atoms with Crippen LogP contribution in [0.3, 0.4) is 0 Å². The SMILES string of the molecule is NS(=O)(=O)CCCCOc1ccc2ccccc2c1. The summed E-state index contributed by atoms with van der Waals surface area (Å²) in [7, 11) is -3.35. The van der Waals surface area contributed by atoms with E-state index in [2.05, 4.69) is 0 Å². The fourth-order valence-corrected chi connectivity index (χ4v) is 2.46. The highest BCUT2D eigenvalue weighted by Gasteiger charge is 2.02. The highest BCUT2D eigenvalue weighted by molar-refractivity contribution is 7.89. The quantitative estimate of drug-likeness (QED) is 0.825. The largest absolute Gasteiger partial charge is 0.494 e. The number of benzene rings is 2. The Morgan fingerprint density at radius 2 is 1.74 bits per heavy atom. The van der Waals surface area contributed by atoms with E-state index in [9.17, 15) is 8.42 Å². The zero-order chi connectivity index (χ0) is 13.7. The van der Waals surface area contributed by atoms with Gasteiger partial charge in [-0.15, -0.1) is 0 Å². The molecule has 0 atom stereocenters. The van der Waals surface area contributed by atoms with E-state index in [0.29, 0.717) is 19.4 Å². The molecular formula is C14H17NO3S. The van der Waals surface area contributed by atoms with Gasteiger partial charge >= 0.3 is 0 Å². The van der Waals surface area contributed by atoms with Gasteiger partial charge in [0.1, 0.15) is 5.75 Å². The normalized spacial score (nSPS) is 11.6. The lowest BCUT2D eigenvalue weighted by Crippen LogP contribution is -2.16. The van der Waals surface area contributed by atoms with Gasteiger partial charge in [0, 0.05) is 0 Å². The molecule has 0 spiro atoms. The average molecular weight is 279 g/mol. The maximum absolute atomic E-state index is 10.7. The lowest BCUT2D eigenvalue weighted by molar-refractivity contribution is 0.310. The molecule has 0 aromatic heterocycles. The van der Waals surface area contributed by atoms with Crippen molar-refractivity contribution in [2.24, 2.45) is 5.14 Å². The Bertz CT molecular complexity index is 653. The van der Waals surface area contributed by atoms with Crippen LogP contribution >= 0.6 is 0 Å². The van der Waals surface area contributed by atoms with Crippen LogP contribution in [-0.4, -0.2) is 20.8 Å². The maximum atomic E-state index is 10.7. The van der Waals surface area contributed by atoms with Crippen LogP contribution in [0.1, 0.15) is 12.8 Å². The topological polar surface area (TPSA) is 69.4 Å². The maximum Gasteiger partial charge on any atom is 0.209 e. The molecule has 0 saturated heterocycles. The lowest BCUT2D eigenvalue weighted by atomic mass is 10.1. The van der Waals surface area contributed by atoms with E-state index in [1.807, 2.05) is 42.5 Å². The first-order valence-electron chi connectivity index (χ1n) is 6.17. The zero-order valence-electron chi connectivity index (χ0n) is 10.6. The molecule has 0 radical (unpaired) electrons. The first-order chi connectivity index (χ1) is 9.04. The minimum absolute atomic E-state index is 0.00802. The summed E-state index contributed by atoms with van der Waals surface area (Å²) < 4.78 is 27.1. The van der Waals surface area contributed by atoms with Gasteiger partial charge in [-0.2, -0.15) is 0 Å². The molecule has 19 heavy (non-hydrogen) atoms. The van der Waals surface area contributed by atoms with Crippen molar-refractivity contribution in [3.05, 3.63) is 42.5 Å². The Labute approximate surface area is 113 Å². The molecule has 0 bridgehead atoms. The third-order valence-corrected chi connectivity index (χ3v) is 3.67. The van der Waals surface area contributed by atoms with Gasteiger partial charge in [0.15, 0.2) is 0 Å². The van der Waals surface area contributed by atoms with Crippen LogP contribution in [0, 0.1) is 0 Å². The molecule has 102 valence electrons. The van der Waals surface area contributed by atoms with Crippen LogP contribution in [0.4, 0.5) is 0 Å². The van der Waals surface area contributed by atoms with Crippen molar-refractivity contribution < 1.29 is 13.2 Å². The van der Waals surface area contributed by atoms with Gasteiger partial charge in [-0.3, -0.25) is 0 Å². The fraction of sp³-hybridized carbons (Fsp3) is 0.286. The standard InChI is InChI=1S/C14H17NO3S/c15-19(16,17)10-4-3-9-18-14-8-7-12-5-1-2-6-13(12)11-14/h1-2,5-8,11H,3-4,9-10H2,(H2,15,16,17). The lowest BCUT2D eigenvalue weighted by Gasteiger charge is -2.07. The van der Waals surface area contributed by atoms with Crippen LogP contribution in [-0.2, 0) is 10.0 Å². The summed E-state index contributed by atoms with van der Waals surface area (Å²) in [6.07, 6.45) is 1.19. The third-order valence-electron chi connectivity index (χ3n) is 2.81. The highest BCUT2D eigenvalue weighted by atomic mass is 32.2. The van der Waals surface area contributed by atoms with Gasteiger partial charge < -0.3 is 4.74 Å². The van der Waals surface area contributed by atoms with Crippen LogP contribution < -0.4 is 9.88 Å². The van der Waals surface area contributed by atoms with Crippen LogP contribution in [0.5, 0.6) is 5.75 Å². The van der Waals surface area contributed by atoms with Crippen LogP contribution in [0.25, 0.3) is 10.8 Å². The number of hydrogen-bond donors (Lipinski definition) is 1. The Morgan fingerprint density at radius 1 is 1.00 bits per heavy atom. The Hall–Kier alpha value is -1.59. The number of hydrogen-bond acceptors (Lipinski definition) is 3. The van der Waals surface area contributed by atoms with Gasteiger partial charge in [0.2, 0.25) is 10.0 Å². The smallest absolute Gasteiger partial charge is 0.209 e. The molecule has 5 heteroatoms. The molecule has 0 aliphatic heterocycles. The first-order valence-corrected chi connectivity index (χ1v) is 7.88. The van der Waals surface area contributed by atoms with E-state index in [1.54, 1.807) is 0 Å². The van der Waals surface area contributed by atoms with E-state index in [0.717, 1.165) is 11.1 Å². The summed E-state index contributed by atoms with van der Waals surface area (Å²) in [6.45, 7) is 0.494. The molecule has 0 aliphatic carbocycles. The molecule has 4 nitrogen and oxygen atoms in total. The molecule has 0 amide bonds. The van der Waals surface area contributed by atoms with Gasteiger partial charge in [0.05, 0.1) is 12.4 Å². The Morgan fingerprint density at radius 3 is 2.47 bits per heavy atom. The Kier molecular flexibility index (Phi) is 4.39. The summed E-state index contributed by atoms with van der Waals surface area (Å²) in [5, 5.41) is 7.22. The second-order valence-corrected chi connectivity index (χ2v) is 6.17. The van der Waals surface area contributed by atoms with Crippen LogP contribution in [0.2, 0.25) is 0 Å². The van der Waals surface area contributed by atoms with Gasteiger partial charge in [-0.25, -0.2) is 13.6 Å². The summed E-state index contributed by atoms with van der Waals surface area (Å²) in [5.74, 6) is 0.808. The van der Waals surface area contributed by atoms with Crippen LogP contribution in [0.15, 0.2) is 42.5 Å². The van der Waals surface area contributed by atoms with Gasteiger partial charge in [0.25, 0.3) is 0 Å². The second-order valence-electron chi connectivity index (χ2n) is 4.43. The minimum atomic E-state index is -3.35. The molecule has 0 heterocycles. The van der Waals surface area contributed by atoms with E-state index in [4.69, 9.17) is 9.88 Å². The number of ether oxygens (including phenoxy) is 1. The number of fused-ring (bicyclic) bond motifs is 1. The van der Waals surface area contributed by atoms with Crippen molar-refractivity contribution in [1.29, 1.82) is 0 Å². The zero-order valence-corrected chi connectivity index (χ0v) is 11.4. The summed E-state index contributed by atoms with van der Waals surface area (Å²) in [5.41, 5.74) is 0. The summed E-state index contributed by atoms with van der Waals surface area (Å²) in [4.78, 5) is 0. The molecule has 0 unspecified atom stereocenters. The number of sulfonamides is 1. The first kappa shape index (κ1) is 13.8. The van der Waals surface area contributed by atoms with E-state index >= 15 is 0 Å². The average Bonchev–Trinajstić information content (AvgIpc) is 2.37.